The largest absolute Gasteiger partial charge is 0.271 e. The van der Waals surface area contributed by atoms with Crippen molar-refractivity contribution in [3.05, 3.63) is 70.8 Å². The number of halogens is 2. The first-order valence-electron chi connectivity index (χ1n) is 7.04. The number of hydrogen-bond donors (Lipinski definition) is 2. The SMILES string of the molecule is Cc1cccc(CCC(Cc2cccc(F)c2F)NN)c1. The topological polar surface area (TPSA) is 38.0 Å². The van der Waals surface area contributed by atoms with Gasteiger partial charge >= 0.3 is 0 Å². The molecule has 2 aromatic rings. The predicted molar refractivity (Wildman–Crippen MR) is 80.7 cm³/mol. The van der Waals surface area contributed by atoms with Crippen LogP contribution in [0.25, 0.3) is 0 Å². The van der Waals surface area contributed by atoms with Gasteiger partial charge in [0, 0.05) is 6.04 Å². The molecule has 2 nitrogen and oxygen atoms in total. The summed E-state index contributed by atoms with van der Waals surface area (Å²) in [6.07, 6.45) is 1.97. The van der Waals surface area contributed by atoms with E-state index in [9.17, 15) is 8.78 Å². The van der Waals surface area contributed by atoms with Gasteiger partial charge in [-0.15, -0.1) is 0 Å². The molecule has 0 aliphatic carbocycles. The van der Waals surface area contributed by atoms with Gasteiger partial charge in [-0.05, 0) is 43.4 Å². The Morgan fingerprint density at radius 1 is 1.14 bits per heavy atom. The van der Waals surface area contributed by atoms with E-state index in [2.05, 4.69) is 17.6 Å². The molecule has 2 rings (SSSR count). The molecule has 0 radical (unpaired) electrons. The number of hydrogen-bond acceptors (Lipinski definition) is 2. The Bertz CT molecular complexity index is 599. The predicted octanol–water partition coefficient (Wildman–Crippen LogP) is 3.28. The van der Waals surface area contributed by atoms with Gasteiger partial charge in [0.05, 0.1) is 0 Å². The van der Waals surface area contributed by atoms with Gasteiger partial charge in [0.2, 0.25) is 0 Å². The molecule has 2 aromatic carbocycles. The van der Waals surface area contributed by atoms with Crippen molar-refractivity contribution in [3.63, 3.8) is 0 Å². The van der Waals surface area contributed by atoms with Crippen molar-refractivity contribution in [2.24, 2.45) is 5.84 Å². The van der Waals surface area contributed by atoms with E-state index in [1.54, 1.807) is 6.07 Å². The third kappa shape index (κ3) is 4.34. The van der Waals surface area contributed by atoms with Crippen LogP contribution in [-0.2, 0) is 12.8 Å². The highest BCUT2D eigenvalue weighted by atomic mass is 19.2. The highest BCUT2D eigenvalue weighted by molar-refractivity contribution is 5.23. The highest BCUT2D eigenvalue weighted by Gasteiger charge is 2.13. The minimum absolute atomic E-state index is 0.0955. The zero-order valence-electron chi connectivity index (χ0n) is 12.1. The second kappa shape index (κ2) is 7.29. The Morgan fingerprint density at radius 3 is 2.62 bits per heavy atom. The molecule has 0 bridgehead atoms. The van der Waals surface area contributed by atoms with Crippen LogP contribution >= 0.6 is 0 Å². The van der Waals surface area contributed by atoms with Crippen molar-refractivity contribution in [3.8, 4) is 0 Å². The fraction of sp³-hybridized carbons (Fsp3) is 0.294. The van der Waals surface area contributed by atoms with Gasteiger partial charge in [-0.2, -0.15) is 0 Å². The van der Waals surface area contributed by atoms with Gasteiger partial charge in [0.1, 0.15) is 0 Å². The molecule has 0 saturated carbocycles. The third-order valence-corrected chi connectivity index (χ3v) is 3.60. The van der Waals surface area contributed by atoms with Crippen LogP contribution in [-0.4, -0.2) is 6.04 Å². The van der Waals surface area contributed by atoms with Gasteiger partial charge in [0.25, 0.3) is 0 Å². The first-order valence-corrected chi connectivity index (χ1v) is 7.04. The Kier molecular flexibility index (Phi) is 5.42. The molecular formula is C17H20F2N2. The summed E-state index contributed by atoms with van der Waals surface area (Å²) >= 11 is 0. The average molecular weight is 290 g/mol. The molecule has 1 atom stereocenters. The molecule has 0 aliphatic rings. The lowest BCUT2D eigenvalue weighted by Gasteiger charge is -2.16. The molecule has 0 fully saturated rings. The van der Waals surface area contributed by atoms with Crippen molar-refractivity contribution in [1.29, 1.82) is 0 Å². The molecule has 0 saturated heterocycles. The van der Waals surface area contributed by atoms with Crippen LogP contribution in [0.4, 0.5) is 8.78 Å². The minimum atomic E-state index is -0.818. The van der Waals surface area contributed by atoms with Crippen LogP contribution in [0, 0.1) is 18.6 Å². The highest BCUT2D eigenvalue weighted by Crippen LogP contribution is 2.15. The molecule has 4 heteroatoms. The molecule has 0 heterocycles. The number of nitrogens with one attached hydrogen (secondary N) is 1. The minimum Gasteiger partial charge on any atom is -0.271 e. The van der Waals surface area contributed by atoms with Crippen molar-refractivity contribution in [2.75, 3.05) is 0 Å². The quantitative estimate of drug-likeness (QED) is 0.633. The maximum atomic E-state index is 13.7. The standard InChI is InChI=1S/C17H20F2N2/c1-12-4-2-5-13(10-12)8-9-15(21-20)11-14-6-3-7-16(18)17(14)19/h2-7,10,15,21H,8-9,11,20H2,1H3. The van der Waals surface area contributed by atoms with Crippen LogP contribution in [0.15, 0.2) is 42.5 Å². The lowest BCUT2D eigenvalue weighted by atomic mass is 9.98. The van der Waals surface area contributed by atoms with Crippen LogP contribution in [0.1, 0.15) is 23.1 Å². The Balaban J connectivity index is 1.99. The molecule has 21 heavy (non-hydrogen) atoms. The number of rotatable bonds is 6. The van der Waals surface area contributed by atoms with E-state index >= 15 is 0 Å². The van der Waals surface area contributed by atoms with Crippen molar-refractivity contribution in [2.45, 2.75) is 32.2 Å². The average Bonchev–Trinajstić information content (AvgIpc) is 2.48. The van der Waals surface area contributed by atoms with Gasteiger partial charge in [0.15, 0.2) is 11.6 Å². The summed E-state index contributed by atoms with van der Waals surface area (Å²) in [5, 5.41) is 0. The lowest BCUT2D eigenvalue weighted by Crippen LogP contribution is -2.37. The normalized spacial score (nSPS) is 12.4. The maximum Gasteiger partial charge on any atom is 0.162 e. The summed E-state index contributed by atoms with van der Waals surface area (Å²) in [5.41, 5.74) is 5.47. The molecular weight excluding hydrogens is 270 g/mol. The van der Waals surface area contributed by atoms with Crippen molar-refractivity contribution < 1.29 is 8.78 Å². The number of aryl methyl sites for hydroxylation is 2. The Morgan fingerprint density at radius 2 is 1.90 bits per heavy atom. The Hall–Kier alpha value is -1.78. The molecule has 0 spiro atoms. The van der Waals surface area contributed by atoms with E-state index in [1.165, 1.54) is 17.2 Å². The number of nitrogens with two attached hydrogens (primary N) is 1. The molecule has 1 unspecified atom stereocenters. The smallest absolute Gasteiger partial charge is 0.162 e. The van der Waals surface area contributed by atoms with E-state index in [4.69, 9.17) is 5.84 Å². The summed E-state index contributed by atoms with van der Waals surface area (Å²) in [7, 11) is 0. The first-order chi connectivity index (χ1) is 10.1. The van der Waals surface area contributed by atoms with E-state index in [0.717, 1.165) is 18.9 Å². The first kappa shape index (κ1) is 15.6. The van der Waals surface area contributed by atoms with Crippen molar-refractivity contribution in [1.82, 2.24) is 5.43 Å². The van der Waals surface area contributed by atoms with Crippen LogP contribution in [0.2, 0.25) is 0 Å². The molecule has 0 aromatic heterocycles. The van der Waals surface area contributed by atoms with E-state index in [-0.39, 0.29) is 6.04 Å². The molecule has 0 amide bonds. The fourth-order valence-electron chi connectivity index (χ4n) is 2.42. The number of benzene rings is 2. The summed E-state index contributed by atoms with van der Waals surface area (Å²) in [5.74, 6) is 3.93. The van der Waals surface area contributed by atoms with Crippen LogP contribution in [0.5, 0.6) is 0 Å². The van der Waals surface area contributed by atoms with Crippen LogP contribution < -0.4 is 11.3 Å². The summed E-state index contributed by atoms with van der Waals surface area (Å²) in [6, 6.07) is 12.4. The van der Waals surface area contributed by atoms with E-state index in [0.29, 0.717) is 12.0 Å². The van der Waals surface area contributed by atoms with E-state index < -0.39 is 11.6 Å². The van der Waals surface area contributed by atoms with E-state index in [1.807, 2.05) is 19.1 Å². The zero-order valence-corrected chi connectivity index (χ0v) is 12.1. The second-order valence-corrected chi connectivity index (χ2v) is 5.31. The summed E-state index contributed by atoms with van der Waals surface area (Å²) in [4.78, 5) is 0. The van der Waals surface area contributed by atoms with Gasteiger partial charge in [-0.1, -0.05) is 42.0 Å². The molecule has 3 N–H and O–H groups in total. The maximum absolute atomic E-state index is 13.7. The molecule has 0 aliphatic heterocycles. The van der Waals surface area contributed by atoms with Gasteiger partial charge in [-0.25, -0.2) is 8.78 Å². The fourth-order valence-corrected chi connectivity index (χ4v) is 2.42. The molecule has 112 valence electrons. The zero-order chi connectivity index (χ0) is 15.2. The van der Waals surface area contributed by atoms with Gasteiger partial charge in [-0.3, -0.25) is 11.3 Å². The summed E-state index contributed by atoms with van der Waals surface area (Å²) < 4.78 is 26.9. The van der Waals surface area contributed by atoms with Crippen molar-refractivity contribution >= 4 is 0 Å². The third-order valence-electron chi connectivity index (χ3n) is 3.60. The van der Waals surface area contributed by atoms with Crippen LogP contribution in [0.3, 0.4) is 0 Å². The second-order valence-electron chi connectivity index (χ2n) is 5.31. The number of hydrazine groups is 1. The summed E-state index contributed by atoms with van der Waals surface area (Å²) in [6.45, 7) is 2.05. The Labute approximate surface area is 124 Å². The van der Waals surface area contributed by atoms with Gasteiger partial charge < -0.3 is 0 Å². The lowest BCUT2D eigenvalue weighted by molar-refractivity contribution is 0.461. The monoisotopic (exact) mass is 290 g/mol.